The summed E-state index contributed by atoms with van der Waals surface area (Å²) in [5.74, 6) is 0.908. The number of hydrogen-bond acceptors (Lipinski definition) is 3. The first-order chi connectivity index (χ1) is 10.6. The summed E-state index contributed by atoms with van der Waals surface area (Å²) in [6.07, 6.45) is 0.198. The van der Waals surface area contributed by atoms with E-state index in [1.54, 1.807) is 0 Å². The molecule has 0 amide bonds. The molecule has 1 atom stereocenters. The molecule has 2 N–H and O–H groups in total. The maximum absolute atomic E-state index is 5.70. The minimum atomic E-state index is 0.198. The van der Waals surface area contributed by atoms with E-state index in [0.29, 0.717) is 6.04 Å². The summed E-state index contributed by atoms with van der Waals surface area (Å²) < 4.78 is 5.70. The molecule has 0 fully saturated rings. The average molecular weight is 298 g/mol. The first-order valence-electron chi connectivity index (χ1n) is 7.94. The lowest BCUT2D eigenvalue weighted by Gasteiger charge is -2.15. The van der Waals surface area contributed by atoms with Gasteiger partial charge in [0, 0.05) is 30.9 Å². The smallest absolute Gasteiger partial charge is 0.121 e. The Bertz CT molecular complexity index is 554. The molecule has 22 heavy (non-hydrogen) atoms. The SMILES string of the molecule is CC(C)Oc1cccc(NCCNC(C)c2ccccc2)c1. The molecule has 0 saturated heterocycles. The highest BCUT2D eigenvalue weighted by atomic mass is 16.5. The molecule has 0 radical (unpaired) electrons. The summed E-state index contributed by atoms with van der Waals surface area (Å²) in [5, 5.41) is 6.94. The summed E-state index contributed by atoms with van der Waals surface area (Å²) in [6, 6.07) is 19.0. The van der Waals surface area contributed by atoms with E-state index >= 15 is 0 Å². The van der Waals surface area contributed by atoms with Gasteiger partial charge in [0.05, 0.1) is 6.10 Å². The maximum atomic E-state index is 5.70. The molecule has 0 aliphatic heterocycles. The van der Waals surface area contributed by atoms with Gasteiger partial charge in [-0.25, -0.2) is 0 Å². The van der Waals surface area contributed by atoms with Crippen molar-refractivity contribution in [2.45, 2.75) is 32.9 Å². The second-order valence-corrected chi connectivity index (χ2v) is 5.71. The van der Waals surface area contributed by atoms with Crippen LogP contribution in [0, 0.1) is 0 Å². The van der Waals surface area contributed by atoms with Crippen molar-refractivity contribution in [1.29, 1.82) is 0 Å². The third kappa shape index (κ3) is 5.41. The van der Waals surface area contributed by atoms with Crippen molar-refractivity contribution in [1.82, 2.24) is 5.32 Å². The maximum Gasteiger partial charge on any atom is 0.121 e. The van der Waals surface area contributed by atoms with Crippen molar-refractivity contribution in [3.05, 3.63) is 60.2 Å². The molecule has 0 heterocycles. The van der Waals surface area contributed by atoms with Crippen LogP contribution in [0.1, 0.15) is 32.4 Å². The highest BCUT2D eigenvalue weighted by Crippen LogP contribution is 2.18. The number of hydrogen-bond donors (Lipinski definition) is 2. The molecule has 0 aliphatic rings. The van der Waals surface area contributed by atoms with Crippen LogP contribution in [0.15, 0.2) is 54.6 Å². The molecule has 0 aliphatic carbocycles. The normalized spacial score (nSPS) is 12.2. The molecule has 3 nitrogen and oxygen atoms in total. The van der Waals surface area contributed by atoms with E-state index in [4.69, 9.17) is 4.74 Å². The zero-order valence-corrected chi connectivity index (χ0v) is 13.7. The van der Waals surface area contributed by atoms with Gasteiger partial charge in [-0.3, -0.25) is 0 Å². The summed E-state index contributed by atoms with van der Waals surface area (Å²) in [6.45, 7) is 8.05. The van der Waals surface area contributed by atoms with E-state index in [9.17, 15) is 0 Å². The first-order valence-corrected chi connectivity index (χ1v) is 7.94. The van der Waals surface area contributed by atoms with Gasteiger partial charge in [-0.05, 0) is 38.5 Å². The number of rotatable bonds is 8. The second-order valence-electron chi connectivity index (χ2n) is 5.71. The van der Waals surface area contributed by atoms with Crippen molar-refractivity contribution in [2.75, 3.05) is 18.4 Å². The topological polar surface area (TPSA) is 33.3 Å². The number of ether oxygens (including phenoxy) is 1. The Balaban J connectivity index is 1.74. The van der Waals surface area contributed by atoms with Crippen LogP contribution in [-0.4, -0.2) is 19.2 Å². The van der Waals surface area contributed by atoms with Crippen molar-refractivity contribution < 1.29 is 4.74 Å². The predicted molar refractivity (Wildman–Crippen MR) is 93.6 cm³/mol. The lowest BCUT2D eigenvalue weighted by molar-refractivity contribution is 0.242. The van der Waals surface area contributed by atoms with E-state index in [1.807, 2.05) is 38.1 Å². The fraction of sp³-hybridized carbons (Fsp3) is 0.368. The number of benzene rings is 2. The number of nitrogens with one attached hydrogen (secondary N) is 2. The van der Waals surface area contributed by atoms with Crippen LogP contribution in [0.5, 0.6) is 5.75 Å². The minimum absolute atomic E-state index is 0.198. The van der Waals surface area contributed by atoms with Crippen LogP contribution in [0.3, 0.4) is 0 Å². The molecule has 2 rings (SSSR count). The third-order valence-electron chi connectivity index (χ3n) is 3.41. The van der Waals surface area contributed by atoms with E-state index in [2.05, 4.69) is 47.9 Å². The highest BCUT2D eigenvalue weighted by Gasteiger charge is 2.03. The number of anilines is 1. The van der Waals surface area contributed by atoms with Crippen LogP contribution >= 0.6 is 0 Å². The van der Waals surface area contributed by atoms with Gasteiger partial charge in [0.15, 0.2) is 0 Å². The lowest BCUT2D eigenvalue weighted by Crippen LogP contribution is -2.25. The molecule has 3 heteroatoms. The van der Waals surface area contributed by atoms with Gasteiger partial charge in [0.1, 0.15) is 5.75 Å². The molecule has 0 bridgehead atoms. The van der Waals surface area contributed by atoms with Gasteiger partial charge in [-0.1, -0.05) is 36.4 Å². The van der Waals surface area contributed by atoms with Gasteiger partial charge < -0.3 is 15.4 Å². The van der Waals surface area contributed by atoms with Crippen molar-refractivity contribution in [3.8, 4) is 5.75 Å². The van der Waals surface area contributed by atoms with Crippen LogP contribution in [-0.2, 0) is 0 Å². The molecular formula is C19H26N2O. The Kier molecular flexibility index (Phi) is 6.28. The molecular weight excluding hydrogens is 272 g/mol. The Morgan fingerprint density at radius 1 is 0.909 bits per heavy atom. The van der Waals surface area contributed by atoms with Gasteiger partial charge in [-0.2, -0.15) is 0 Å². The van der Waals surface area contributed by atoms with Gasteiger partial charge >= 0.3 is 0 Å². The average Bonchev–Trinajstić information content (AvgIpc) is 2.52. The third-order valence-corrected chi connectivity index (χ3v) is 3.41. The van der Waals surface area contributed by atoms with Gasteiger partial charge in [-0.15, -0.1) is 0 Å². The molecule has 118 valence electrons. The zero-order valence-electron chi connectivity index (χ0n) is 13.7. The Morgan fingerprint density at radius 2 is 1.68 bits per heavy atom. The van der Waals surface area contributed by atoms with Crippen LogP contribution in [0.4, 0.5) is 5.69 Å². The van der Waals surface area contributed by atoms with E-state index in [-0.39, 0.29) is 6.10 Å². The largest absolute Gasteiger partial charge is 0.491 e. The van der Waals surface area contributed by atoms with Crippen LogP contribution < -0.4 is 15.4 Å². The summed E-state index contributed by atoms with van der Waals surface area (Å²) in [7, 11) is 0. The molecule has 0 saturated carbocycles. The van der Waals surface area contributed by atoms with E-state index in [0.717, 1.165) is 24.5 Å². The highest BCUT2D eigenvalue weighted by molar-refractivity contribution is 5.48. The minimum Gasteiger partial charge on any atom is -0.491 e. The summed E-state index contributed by atoms with van der Waals surface area (Å²) in [4.78, 5) is 0. The van der Waals surface area contributed by atoms with Crippen molar-refractivity contribution in [2.24, 2.45) is 0 Å². The van der Waals surface area contributed by atoms with E-state index < -0.39 is 0 Å². The molecule has 2 aromatic rings. The fourth-order valence-corrected chi connectivity index (χ4v) is 2.31. The second kappa shape index (κ2) is 8.44. The Morgan fingerprint density at radius 3 is 2.41 bits per heavy atom. The van der Waals surface area contributed by atoms with E-state index in [1.165, 1.54) is 5.56 Å². The van der Waals surface area contributed by atoms with Crippen LogP contribution in [0.2, 0.25) is 0 Å². The molecule has 0 aromatic heterocycles. The van der Waals surface area contributed by atoms with Crippen LogP contribution in [0.25, 0.3) is 0 Å². The standard InChI is InChI=1S/C19H26N2O/c1-15(2)22-19-11-7-10-18(14-19)21-13-12-20-16(3)17-8-5-4-6-9-17/h4-11,14-16,20-21H,12-13H2,1-3H3. The quantitative estimate of drug-likeness (QED) is 0.715. The Hall–Kier alpha value is -2.00. The Labute approximate surface area is 133 Å². The fourth-order valence-electron chi connectivity index (χ4n) is 2.31. The summed E-state index contributed by atoms with van der Waals surface area (Å²) >= 11 is 0. The van der Waals surface area contributed by atoms with Crippen molar-refractivity contribution in [3.63, 3.8) is 0 Å². The zero-order chi connectivity index (χ0) is 15.8. The predicted octanol–water partition coefficient (Wildman–Crippen LogP) is 4.24. The molecule has 2 aromatic carbocycles. The van der Waals surface area contributed by atoms with Gasteiger partial charge in [0.25, 0.3) is 0 Å². The lowest BCUT2D eigenvalue weighted by atomic mass is 10.1. The first kappa shape index (κ1) is 16.4. The van der Waals surface area contributed by atoms with Gasteiger partial charge in [0.2, 0.25) is 0 Å². The molecule has 1 unspecified atom stereocenters. The van der Waals surface area contributed by atoms with Crippen molar-refractivity contribution >= 4 is 5.69 Å². The molecule has 0 spiro atoms. The monoisotopic (exact) mass is 298 g/mol. The summed E-state index contributed by atoms with van der Waals surface area (Å²) in [5.41, 5.74) is 2.40.